The van der Waals surface area contributed by atoms with Crippen molar-refractivity contribution in [2.24, 2.45) is 5.92 Å². The van der Waals surface area contributed by atoms with Crippen molar-refractivity contribution in [2.75, 3.05) is 12.3 Å². The van der Waals surface area contributed by atoms with Crippen LogP contribution >= 0.6 is 11.8 Å². The number of thioether (sulfide) groups is 1. The van der Waals surface area contributed by atoms with E-state index in [1.165, 1.54) is 0 Å². The number of nitrogens with one attached hydrogen (secondary N) is 1. The summed E-state index contributed by atoms with van der Waals surface area (Å²) in [5.74, 6) is -0.142. The number of carbonyl (C=O) groups is 2. The van der Waals surface area contributed by atoms with Crippen molar-refractivity contribution in [3.63, 3.8) is 0 Å². The number of nitrogens with zero attached hydrogens (tertiary/aromatic N) is 1. The Morgan fingerprint density at radius 1 is 1.48 bits per heavy atom. The molecule has 2 aliphatic rings. The number of aliphatic carboxylic acids is 1. The van der Waals surface area contributed by atoms with Crippen LogP contribution in [0.25, 0.3) is 0 Å². The first-order valence-corrected chi connectivity index (χ1v) is 8.90. The number of amides is 1. The second kappa shape index (κ2) is 6.57. The Hall–Kier alpha value is -0.750. The molecule has 6 heteroatoms. The Bertz CT molecular complexity index is 408. The molecule has 2 rings (SSSR count). The van der Waals surface area contributed by atoms with Crippen LogP contribution in [0.2, 0.25) is 0 Å². The molecular formula is C15H26N2O3S. The zero-order valence-electron chi connectivity index (χ0n) is 13.1. The van der Waals surface area contributed by atoms with Gasteiger partial charge in [0.2, 0.25) is 5.91 Å². The number of hydrogen-bond donors (Lipinski definition) is 2. The first kappa shape index (κ1) is 16.6. The lowest BCUT2D eigenvalue weighted by molar-refractivity contribution is -0.152. The summed E-state index contributed by atoms with van der Waals surface area (Å²) in [4.78, 5) is 26.4. The summed E-state index contributed by atoms with van der Waals surface area (Å²) in [5.41, 5.74) is -0.541. The molecule has 21 heavy (non-hydrogen) atoms. The van der Waals surface area contributed by atoms with E-state index in [1.807, 2.05) is 0 Å². The van der Waals surface area contributed by atoms with Crippen LogP contribution in [-0.4, -0.2) is 51.1 Å². The van der Waals surface area contributed by atoms with E-state index < -0.39 is 17.6 Å². The third-order valence-electron chi connectivity index (χ3n) is 4.45. The molecule has 0 aromatic carbocycles. The van der Waals surface area contributed by atoms with Gasteiger partial charge in [0.25, 0.3) is 0 Å². The predicted molar refractivity (Wildman–Crippen MR) is 84.2 cm³/mol. The number of carbonyl (C=O) groups excluding carboxylic acids is 1. The molecule has 0 aliphatic carbocycles. The largest absolute Gasteiger partial charge is 0.480 e. The summed E-state index contributed by atoms with van der Waals surface area (Å²) in [6.07, 6.45) is 3.50. The fourth-order valence-electron chi connectivity index (χ4n) is 3.47. The molecule has 0 aromatic heterocycles. The van der Waals surface area contributed by atoms with Crippen LogP contribution in [0, 0.1) is 5.92 Å². The molecule has 2 aliphatic heterocycles. The molecule has 1 amide bonds. The summed E-state index contributed by atoms with van der Waals surface area (Å²) >= 11 is 1.60. The lowest BCUT2D eigenvalue weighted by Gasteiger charge is -2.38. The molecule has 5 nitrogen and oxygen atoms in total. The molecular weight excluding hydrogens is 288 g/mol. The Labute approximate surface area is 130 Å². The van der Waals surface area contributed by atoms with E-state index in [2.05, 4.69) is 26.1 Å². The average Bonchev–Trinajstić information content (AvgIpc) is 3.05. The third kappa shape index (κ3) is 3.06. The van der Waals surface area contributed by atoms with Gasteiger partial charge in [0.15, 0.2) is 0 Å². The standard InChI is InChI=1S/C15H26N2O3S/c1-4-6-15(7-5-8-16-15)14(20)17-11(13(18)19)9-21-12(17)10(2)3/h10-12,16H,4-9H2,1-3H3,(H,18,19). The maximum atomic E-state index is 13.2. The van der Waals surface area contributed by atoms with Gasteiger partial charge in [0.1, 0.15) is 6.04 Å². The van der Waals surface area contributed by atoms with Crippen molar-refractivity contribution < 1.29 is 14.7 Å². The molecule has 0 spiro atoms. The third-order valence-corrected chi connectivity index (χ3v) is 6.08. The van der Waals surface area contributed by atoms with Crippen LogP contribution in [0.5, 0.6) is 0 Å². The monoisotopic (exact) mass is 314 g/mol. The summed E-state index contributed by atoms with van der Waals surface area (Å²) in [6.45, 7) is 7.02. The lowest BCUT2D eigenvalue weighted by Crippen LogP contribution is -2.59. The van der Waals surface area contributed by atoms with E-state index >= 15 is 0 Å². The zero-order chi connectivity index (χ0) is 15.6. The van der Waals surface area contributed by atoms with E-state index in [4.69, 9.17) is 0 Å². The lowest BCUT2D eigenvalue weighted by atomic mass is 9.89. The van der Waals surface area contributed by atoms with Gasteiger partial charge in [-0.1, -0.05) is 27.2 Å². The fourth-order valence-corrected chi connectivity index (χ4v) is 4.94. The van der Waals surface area contributed by atoms with Crippen LogP contribution < -0.4 is 5.32 Å². The quantitative estimate of drug-likeness (QED) is 0.811. The molecule has 2 N–H and O–H groups in total. The number of rotatable bonds is 5. The van der Waals surface area contributed by atoms with E-state index in [0.29, 0.717) is 5.75 Å². The number of hydrogen-bond acceptors (Lipinski definition) is 4. The minimum absolute atomic E-state index is 0.00190. The molecule has 120 valence electrons. The van der Waals surface area contributed by atoms with Gasteiger partial charge in [0.05, 0.1) is 10.9 Å². The van der Waals surface area contributed by atoms with Crippen LogP contribution in [0.15, 0.2) is 0 Å². The molecule has 3 atom stereocenters. The normalized spacial score (nSPS) is 32.9. The summed E-state index contributed by atoms with van der Waals surface area (Å²) < 4.78 is 0. The Kier molecular flexibility index (Phi) is 5.20. The molecule has 0 bridgehead atoms. The Balaban J connectivity index is 2.29. The highest BCUT2D eigenvalue weighted by Gasteiger charge is 2.50. The van der Waals surface area contributed by atoms with Gasteiger partial charge in [-0.05, 0) is 31.7 Å². The van der Waals surface area contributed by atoms with Crippen molar-refractivity contribution in [3.8, 4) is 0 Å². The van der Waals surface area contributed by atoms with Gasteiger partial charge >= 0.3 is 5.97 Å². The highest BCUT2D eigenvalue weighted by Crippen LogP contribution is 2.38. The summed E-state index contributed by atoms with van der Waals surface area (Å²) in [5, 5.41) is 12.8. The van der Waals surface area contributed by atoms with Crippen molar-refractivity contribution >= 4 is 23.6 Å². The SMILES string of the molecule is CCCC1(C(=O)N2C(C(=O)O)CSC2C(C)C)CCCN1. The molecule has 0 saturated carbocycles. The maximum absolute atomic E-state index is 13.2. The van der Waals surface area contributed by atoms with E-state index in [1.54, 1.807) is 16.7 Å². The first-order valence-electron chi connectivity index (χ1n) is 7.85. The van der Waals surface area contributed by atoms with Gasteiger partial charge in [-0.25, -0.2) is 4.79 Å². The number of carboxylic acid groups (broad SMARTS) is 1. The summed E-state index contributed by atoms with van der Waals surface area (Å²) in [7, 11) is 0. The molecule has 0 radical (unpaired) electrons. The zero-order valence-corrected chi connectivity index (χ0v) is 13.9. The van der Waals surface area contributed by atoms with Gasteiger partial charge in [-0.2, -0.15) is 0 Å². The molecule has 0 aromatic rings. The van der Waals surface area contributed by atoms with Gasteiger partial charge in [0, 0.05) is 5.75 Å². The van der Waals surface area contributed by atoms with Gasteiger partial charge < -0.3 is 15.3 Å². The molecule has 2 saturated heterocycles. The Morgan fingerprint density at radius 3 is 2.67 bits per heavy atom. The highest BCUT2D eigenvalue weighted by atomic mass is 32.2. The Morgan fingerprint density at radius 2 is 2.19 bits per heavy atom. The van der Waals surface area contributed by atoms with Crippen LogP contribution in [0.1, 0.15) is 46.5 Å². The topological polar surface area (TPSA) is 69.6 Å². The average molecular weight is 314 g/mol. The minimum Gasteiger partial charge on any atom is -0.480 e. The van der Waals surface area contributed by atoms with E-state index in [9.17, 15) is 14.7 Å². The predicted octanol–water partition coefficient (Wildman–Crippen LogP) is 1.92. The second-order valence-electron chi connectivity index (χ2n) is 6.40. The minimum atomic E-state index is -0.886. The maximum Gasteiger partial charge on any atom is 0.327 e. The van der Waals surface area contributed by atoms with E-state index in [0.717, 1.165) is 32.2 Å². The summed E-state index contributed by atoms with van der Waals surface area (Å²) in [6, 6.07) is -0.689. The smallest absolute Gasteiger partial charge is 0.327 e. The van der Waals surface area contributed by atoms with Crippen molar-refractivity contribution in [1.82, 2.24) is 10.2 Å². The van der Waals surface area contributed by atoms with Crippen molar-refractivity contribution in [1.29, 1.82) is 0 Å². The molecule has 3 unspecified atom stereocenters. The van der Waals surface area contributed by atoms with E-state index in [-0.39, 0.29) is 17.2 Å². The van der Waals surface area contributed by atoms with Crippen LogP contribution in [0.3, 0.4) is 0 Å². The van der Waals surface area contributed by atoms with Gasteiger partial charge in [-0.15, -0.1) is 11.8 Å². The highest BCUT2D eigenvalue weighted by molar-refractivity contribution is 8.00. The van der Waals surface area contributed by atoms with Gasteiger partial charge in [-0.3, -0.25) is 4.79 Å². The van der Waals surface area contributed by atoms with Crippen molar-refractivity contribution in [2.45, 2.75) is 63.4 Å². The van der Waals surface area contributed by atoms with Crippen LogP contribution in [-0.2, 0) is 9.59 Å². The van der Waals surface area contributed by atoms with Crippen LogP contribution in [0.4, 0.5) is 0 Å². The second-order valence-corrected chi connectivity index (χ2v) is 7.55. The molecule has 2 heterocycles. The molecule has 2 fully saturated rings. The number of carboxylic acids is 1. The fraction of sp³-hybridized carbons (Fsp3) is 0.867. The van der Waals surface area contributed by atoms with Crippen molar-refractivity contribution in [3.05, 3.63) is 0 Å². The first-order chi connectivity index (χ1) is 9.93.